The molecule has 0 radical (unpaired) electrons. The summed E-state index contributed by atoms with van der Waals surface area (Å²) in [4.78, 5) is 18.6. The van der Waals surface area contributed by atoms with Crippen LogP contribution in [0, 0.1) is 0 Å². The first-order valence-electron chi connectivity index (χ1n) is 9.49. The van der Waals surface area contributed by atoms with Crippen LogP contribution in [0.5, 0.6) is 5.75 Å². The lowest BCUT2D eigenvalue weighted by atomic mass is 9.92. The van der Waals surface area contributed by atoms with Crippen molar-refractivity contribution in [2.24, 2.45) is 0 Å². The Bertz CT molecular complexity index is 984. The minimum Gasteiger partial charge on any atom is -0.493 e. The molecule has 1 aliphatic rings. The first-order valence-corrected chi connectivity index (χ1v) is 11.4. The molecule has 1 aromatic carbocycles. The van der Waals surface area contributed by atoms with Crippen LogP contribution in [0.4, 0.5) is 5.69 Å². The Morgan fingerprint density at radius 2 is 2.04 bits per heavy atom. The van der Waals surface area contributed by atoms with Gasteiger partial charge in [0.25, 0.3) is 0 Å². The average Bonchev–Trinajstić information content (AvgIpc) is 2.64. The zero-order valence-electron chi connectivity index (χ0n) is 16.7. The predicted molar refractivity (Wildman–Crippen MR) is 110 cm³/mol. The summed E-state index contributed by atoms with van der Waals surface area (Å²) in [6.45, 7) is 6.23. The van der Waals surface area contributed by atoms with E-state index in [0.717, 1.165) is 48.1 Å². The fraction of sp³-hybridized carbons (Fsp3) is 0.429. The summed E-state index contributed by atoms with van der Waals surface area (Å²) in [5.41, 5.74) is 3.35. The van der Waals surface area contributed by atoms with E-state index in [1.165, 1.54) is 6.20 Å². The number of amides is 1. The molecule has 1 aliphatic heterocycles. The molecule has 1 unspecified atom stereocenters. The SMILES string of the molecule is CCCOc1c(-c2ccc(S(C)(=O)=O)cn2)ccc2c1CCC(C)N2C(C)=O. The molecule has 2 aromatic rings. The van der Waals surface area contributed by atoms with Gasteiger partial charge >= 0.3 is 0 Å². The van der Waals surface area contributed by atoms with Gasteiger partial charge in [-0.15, -0.1) is 0 Å². The Hall–Kier alpha value is -2.41. The highest BCUT2D eigenvalue weighted by Gasteiger charge is 2.30. The summed E-state index contributed by atoms with van der Waals surface area (Å²) >= 11 is 0. The van der Waals surface area contributed by atoms with Crippen molar-refractivity contribution >= 4 is 21.4 Å². The number of rotatable bonds is 5. The fourth-order valence-corrected chi connectivity index (χ4v) is 4.17. The third kappa shape index (κ3) is 3.90. The number of nitrogens with zero attached hydrogens (tertiary/aromatic N) is 2. The summed E-state index contributed by atoms with van der Waals surface area (Å²) in [7, 11) is -3.30. The van der Waals surface area contributed by atoms with Crippen LogP contribution < -0.4 is 9.64 Å². The van der Waals surface area contributed by atoms with Gasteiger partial charge in [0.1, 0.15) is 5.75 Å². The molecule has 150 valence electrons. The van der Waals surface area contributed by atoms with E-state index in [1.54, 1.807) is 19.1 Å². The van der Waals surface area contributed by atoms with Crippen LogP contribution >= 0.6 is 0 Å². The lowest BCUT2D eigenvalue weighted by Crippen LogP contribution is -2.40. The van der Waals surface area contributed by atoms with Crippen LogP contribution in [0.2, 0.25) is 0 Å². The Morgan fingerprint density at radius 3 is 2.61 bits per heavy atom. The first kappa shape index (κ1) is 20.3. The monoisotopic (exact) mass is 402 g/mol. The van der Waals surface area contributed by atoms with Gasteiger partial charge in [0.2, 0.25) is 5.91 Å². The molecule has 7 heteroatoms. The molecule has 0 saturated carbocycles. The number of hydrogen-bond donors (Lipinski definition) is 0. The maximum absolute atomic E-state index is 12.2. The summed E-state index contributed by atoms with van der Waals surface area (Å²) < 4.78 is 29.5. The van der Waals surface area contributed by atoms with Crippen molar-refractivity contribution in [1.29, 1.82) is 0 Å². The van der Waals surface area contributed by atoms with Crippen LogP contribution in [0.1, 0.15) is 39.2 Å². The predicted octanol–water partition coefficient (Wildman–Crippen LogP) is 3.63. The number of pyridine rings is 1. The minimum absolute atomic E-state index is 0.0123. The quantitative estimate of drug-likeness (QED) is 0.763. The number of carbonyl (C=O) groups is 1. The highest BCUT2D eigenvalue weighted by Crippen LogP contribution is 2.42. The lowest BCUT2D eigenvalue weighted by molar-refractivity contribution is -0.117. The molecule has 3 rings (SSSR count). The largest absolute Gasteiger partial charge is 0.493 e. The van der Waals surface area contributed by atoms with Crippen molar-refractivity contribution < 1.29 is 17.9 Å². The van der Waals surface area contributed by atoms with Gasteiger partial charge in [0, 0.05) is 36.5 Å². The summed E-state index contributed by atoms with van der Waals surface area (Å²) in [6, 6.07) is 7.24. The molecule has 0 fully saturated rings. The Morgan fingerprint density at radius 1 is 1.29 bits per heavy atom. The molecule has 28 heavy (non-hydrogen) atoms. The normalized spacial score (nSPS) is 16.6. The molecule has 0 bridgehead atoms. The number of benzene rings is 1. The first-order chi connectivity index (χ1) is 13.2. The number of carbonyl (C=O) groups excluding carboxylic acids is 1. The number of ether oxygens (including phenoxy) is 1. The van der Waals surface area contributed by atoms with Crippen molar-refractivity contribution in [3.8, 4) is 17.0 Å². The Kier molecular flexibility index (Phi) is 5.74. The van der Waals surface area contributed by atoms with Crippen molar-refractivity contribution in [2.75, 3.05) is 17.8 Å². The van der Waals surface area contributed by atoms with Gasteiger partial charge in [-0.1, -0.05) is 6.92 Å². The smallest absolute Gasteiger partial charge is 0.224 e. The zero-order valence-corrected chi connectivity index (χ0v) is 17.5. The standard InChI is InChI=1S/C21H26N2O4S/c1-5-12-27-21-17(19-10-7-16(13-22-19)28(4,25)26)9-11-20-18(21)8-6-14(2)23(20)15(3)24/h7,9-11,13-14H,5-6,8,12H2,1-4H3. The van der Waals surface area contributed by atoms with Crippen molar-refractivity contribution in [2.45, 2.75) is 51.0 Å². The molecular weight excluding hydrogens is 376 g/mol. The second-order valence-electron chi connectivity index (χ2n) is 7.22. The van der Waals surface area contributed by atoms with Crippen LogP contribution in [0.25, 0.3) is 11.3 Å². The molecule has 6 nitrogen and oxygen atoms in total. The lowest BCUT2D eigenvalue weighted by Gasteiger charge is -2.36. The van der Waals surface area contributed by atoms with E-state index in [-0.39, 0.29) is 16.8 Å². The molecule has 2 heterocycles. The average molecular weight is 403 g/mol. The minimum atomic E-state index is -3.30. The van der Waals surface area contributed by atoms with E-state index in [9.17, 15) is 13.2 Å². The van der Waals surface area contributed by atoms with Crippen molar-refractivity contribution in [1.82, 2.24) is 4.98 Å². The Labute approximate surface area is 166 Å². The highest BCUT2D eigenvalue weighted by molar-refractivity contribution is 7.90. The second-order valence-corrected chi connectivity index (χ2v) is 9.23. The summed E-state index contributed by atoms with van der Waals surface area (Å²) in [5, 5.41) is 0. The topological polar surface area (TPSA) is 76.6 Å². The fourth-order valence-electron chi connectivity index (χ4n) is 3.61. The van der Waals surface area contributed by atoms with E-state index >= 15 is 0 Å². The zero-order chi connectivity index (χ0) is 20.5. The van der Waals surface area contributed by atoms with E-state index < -0.39 is 9.84 Å². The number of hydrogen-bond acceptors (Lipinski definition) is 5. The van der Waals surface area contributed by atoms with Gasteiger partial charge in [-0.3, -0.25) is 9.78 Å². The van der Waals surface area contributed by atoms with Gasteiger partial charge in [-0.05, 0) is 50.5 Å². The van der Waals surface area contributed by atoms with E-state index in [0.29, 0.717) is 12.3 Å². The molecule has 0 spiro atoms. The van der Waals surface area contributed by atoms with Gasteiger partial charge in [0.15, 0.2) is 9.84 Å². The number of sulfone groups is 1. The highest BCUT2D eigenvalue weighted by atomic mass is 32.2. The van der Waals surface area contributed by atoms with Crippen molar-refractivity contribution in [3.05, 3.63) is 36.0 Å². The molecule has 1 atom stereocenters. The molecule has 0 aliphatic carbocycles. The number of aromatic nitrogens is 1. The van der Waals surface area contributed by atoms with Crippen LogP contribution in [-0.2, 0) is 21.1 Å². The van der Waals surface area contributed by atoms with Crippen molar-refractivity contribution in [3.63, 3.8) is 0 Å². The summed E-state index contributed by atoms with van der Waals surface area (Å²) in [6.07, 6.45) is 5.07. The van der Waals surface area contributed by atoms with Crippen LogP contribution in [-0.4, -0.2) is 38.2 Å². The van der Waals surface area contributed by atoms with Gasteiger partial charge in [-0.25, -0.2) is 8.42 Å². The number of fused-ring (bicyclic) bond motifs is 1. The third-order valence-electron chi connectivity index (χ3n) is 4.98. The van der Waals surface area contributed by atoms with Gasteiger partial charge < -0.3 is 9.64 Å². The molecule has 1 aromatic heterocycles. The molecular formula is C21H26N2O4S. The maximum Gasteiger partial charge on any atom is 0.224 e. The van der Waals surface area contributed by atoms with Gasteiger partial charge in [0.05, 0.1) is 22.9 Å². The van der Waals surface area contributed by atoms with E-state index in [1.807, 2.05) is 24.0 Å². The van der Waals surface area contributed by atoms with Crippen LogP contribution in [0.15, 0.2) is 35.4 Å². The Balaban J connectivity index is 2.13. The molecule has 1 amide bonds. The second kappa shape index (κ2) is 7.91. The molecule has 0 N–H and O–H groups in total. The molecule has 0 saturated heterocycles. The van der Waals surface area contributed by atoms with E-state index in [2.05, 4.69) is 11.9 Å². The maximum atomic E-state index is 12.2. The summed E-state index contributed by atoms with van der Waals surface area (Å²) in [5.74, 6) is 0.746. The third-order valence-corrected chi connectivity index (χ3v) is 6.08. The van der Waals surface area contributed by atoms with Crippen LogP contribution in [0.3, 0.4) is 0 Å². The van der Waals surface area contributed by atoms with E-state index in [4.69, 9.17) is 4.74 Å². The number of anilines is 1. The van der Waals surface area contributed by atoms with Gasteiger partial charge in [-0.2, -0.15) is 0 Å².